The van der Waals surface area contributed by atoms with Gasteiger partial charge < -0.3 is 15.0 Å². The van der Waals surface area contributed by atoms with Gasteiger partial charge >= 0.3 is 0 Å². The van der Waals surface area contributed by atoms with Crippen LogP contribution in [-0.2, 0) is 10.2 Å². The topological polar surface area (TPSA) is 70.6 Å². The second-order valence-electron chi connectivity index (χ2n) is 9.74. The third kappa shape index (κ3) is 4.20. The number of aromatic nitrogens is 2. The summed E-state index contributed by atoms with van der Waals surface area (Å²) < 4.78 is 6.00. The Morgan fingerprint density at radius 3 is 2.77 bits per heavy atom. The first-order chi connectivity index (χ1) is 17.0. The number of carbonyl (C=O) groups is 1. The van der Waals surface area contributed by atoms with Crippen molar-refractivity contribution < 1.29 is 9.53 Å². The van der Waals surface area contributed by atoms with Crippen LogP contribution in [0.2, 0.25) is 10.0 Å². The Hall–Kier alpha value is -2.61. The minimum absolute atomic E-state index is 0.0749. The maximum Gasteiger partial charge on any atom is 0.241 e. The van der Waals surface area contributed by atoms with Crippen molar-refractivity contribution in [1.29, 1.82) is 0 Å². The van der Waals surface area contributed by atoms with Gasteiger partial charge in [-0.15, -0.1) is 0 Å². The molecular weight excluding hydrogens is 485 g/mol. The van der Waals surface area contributed by atoms with E-state index in [1.807, 2.05) is 11.0 Å². The molecule has 0 radical (unpaired) electrons. The second-order valence-corrected chi connectivity index (χ2v) is 10.6. The van der Waals surface area contributed by atoms with Crippen LogP contribution in [-0.4, -0.2) is 71.0 Å². The molecule has 1 spiro atoms. The highest BCUT2D eigenvalue weighted by Crippen LogP contribution is 2.45. The molecule has 182 valence electrons. The maximum absolute atomic E-state index is 13.0. The normalized spacial score (nSPS) is 21.3. The highest BCUT2D eigenvalue weighted by molar-refractivity contribution is 6.42. The van der Waals surface area contributed by atoms with Crippen molar-refractivity contribution in [3.8, 4) is 5.75 Å². The SMILES string of the molecule is O=C(CNc1ncnc2cc(Cl)c(Cl)cc12)N1CCC(N2CCC3(CC2)COc2ccccc23)C1. The molecule has 2 saturated heterocycles. The molecule has 0 bridgehead atoms. The number of fused-ring (bicyclic) bond motifs is 3. The van der Waals surface area contributed by atoms with E-state index < -0.39 is 0 Å². The monoisotopic (exact) mass is 511 g/mol. The van der Waals surface area contributed by atoms with Crippen LogP contribution in [0.15, 0.2) is 42.7 Å². The summed E-state index contributed by atoms with van der Waals surface area (Å²) in [6.45, 7) is 4.60. The number of nitrogens with zero attached hydrogens (tertiary/aromatic N) is 4. The molecule has 6 rings (SSSR count). The van der Waals surface area contributed by atoms with Crippen molar-refractivity contribution in [2.45, 2.75) is 30.7 Å². The van der Waals surface area contributed by atoms with E-state index in [0.717, 1.165) is 63.2 Å². The van der Waals surface area contributed by atoms with E-state index in [-0.39, 0.29) is 17.9 Å². The van der Waals surface area contributed by atoms with E-state index in [2.05, 4.69) is 38.4 Å². The molecule has 2 fully saturated rings. The van der Waals surface area contributed by atoms with E-state index in [9.17, 15) is 4.79 Å². The Kier molecular flexibility index (Phi) is 5.95. The molecule has 7 nitrogen and oxygen atoms in total. The molecule has 1 amide bonds. The van der Waals surface area contributed by atoms with E-state index in [4.69, 9.17) is 27.9 Å². The van der Waals surface area contributed by atoms with Gasteiger partial charge in [-0.25, -0.2) is 9.97 Å². The molecule has 3 aliphatic rings. The predicted molar refractivity (Wildman–Crippen MR) is 137 cm³/mol. The summed E-state index contributed by atoms with van der Waals surface area (Å²) in [5.74, 6) is 1.71. The molecular formula is C26H27Cl2N5O2. The highest BCUT2D eigenvalue weighted by Gasteiger charge is 2.44. The van der Waals surface area contributed by atoms with E-state index in [0.29, 0.717) is 27.4 Å². The van der Waals surface area contributed by atoms with Gasteiger partial charge in [-0.05, 0) is 50.6 Å². The van der Waals surface area contributed by atoms with Crippen molar-refractivity contribution in [2.24, 2.45) is 0 Å². The number of rotatable bonds is 4. The van der Waals surface area contributed by atoms with E-state index in [1.165, 1.54) is 11.9 Å². The van der Waals surface area contributed by atoms with Crippen molar-refractivity contribution in [1.82, 2.24) is 19.8 Å². The Bertz CT molecular complexity index is 1280. The van der Waals surface area contributed by atoms with Crippen molar-refractivity contribution in [3.05, 3.63) is 58.3 Å². The smallest absolute Gasteiger partial charge is 0.241 e. The fourth-order valence-electron chi connectivity index (χ4n) is 5.78. The number of para-hydroxylation sites is 1. The average molecular weight is 512 g/mol. The summed E-state index contributed by atoms with van der Waals surface area (Å²) in [5.41, 5.74) is 2.21. The quantitative estimate of drug-likeness (QED) is 0.560. The van der Waals surface area contributed by atoms with Gasteiger partial charge in [0.05, 0.1) is 28.7 Å². The third-order valence-electron chi connectivity index (χ3n) is 7.83. The molecule has 1 aromatic heterocycles. The molecule has 1 unspecified atom stereocenters. The number of hydrogen-bond donors (Lipinski definition) is 1. The lowest BCUT2D eigenvalue weighted by Crippen LogP contribution is -2.48. The number of hydrogen-bond acceptors (Lipinski definition) is 6. The zero-order valence-corrected chi connectivity index (χ0v) is 20.9. The first kappa shape index (κ1) is 22.8. The summed E-state index contributed by atoms with van der Waals surface area (Å²) in [6.07, 6.45) is 4.67. The average Bonchev–Trinajstić information content (AvgIpc) is 3.50. The van der Waals surface area contributed by atoms with Crippen molar-refractivity contribution >= 4 is 45.8 Å². The summed E-state index contributed by atoms with van der Waals surface area (Å²) in [5, 5.41) is 4.79. The predicted octanol–water partition coefficient (Wildman–Crippen LogP) is 4.38. The molecule has 3 aliphatic heterocycles. The van der Waals surface area contributed by atoms with Gasteiger partial charge in [0, 0.05) is 35.5 Å². The molecule has 4 heterocycles. The molecule has 9 heteroatoms. The number of likely N-dealkylation sites (tertiary alicyclic amines) is 2. The van der Waals surface area contributed by atoms with Crippen LogP contribution >= 0.6 is 23.2 Å². The van der Waals surface area contributed by atoms with Gasteiger partial charge in [-0.1, -0.05) is 41.4 Å². The maximum atomic E-state index is 13.0. The summed E-state index contributed by atoms with van der Waals surface area (Å²) in [6, 6.07) is 12.3. The van der Waals surface area contributed by atoms with Crippen LogP contribution in [0.4, 0.5) is 5.82 Å². The number of carbonyl (C=O) groups excluding carboxylic acids is 1. The first-order valence-corrected chi connectivity index (χ1v) is 12.9. The lowest BCUT2D eigenvalue weighted by atomic mass is 9.74. The number of piperidine rings is 1. The number of benzene rings is 2. The van der Waals surface area contributed by atoms with Gasteiger partial charge in [0.25, 0.3) is 0 Å². The number of halogens is 2. The molecule has 2 aromatic carbocycles. The zero-order chi connectivity index (χ0) is 24.0. The van der Waals surface area contributed by atoms with Gasteiger partial charge in [-0.3, -0.25) is 9.69 Å². The van der Waals surface area contributed by atoms with E-state index >= 15 is 0 Å². The van der Waals surface area contributed by atoms with Gasteiger partial charge in [0.1, 0.15) is 17.9 Å². The Morgan fingerprint density at radius 2 is 1.91 bits per heavy atom. The Labute approximate surface area is 214 Å². The molecule has 1 atom stereocenters. The van der Waals surface area contributed by atoms with Crippen LogP contribution in [0, 0.1) is 0 Å². The lowest BCUT2D eigenvalue weighted by molar-refractivity contribution is -0.128. The van der Waals surface area contributed by atoms with Gasteiger partial charge in [-0.2, -0.15) is 0 Å². The van der Waals surface area contributed by atoms with Crippen LogP contribution in [0.25, 0.3) is 10.9 Å². The minimum atomic E-state index is 0.0749. The summed E-state index contributed by atoms with van der Waals surface area (Å²) >= 11 is 12.3. The number of anilines is 1. The molecule has 0 aliphatic carbocycles. The fourth-order valence-corrected chi connectivity index (χ4v) is 6.11. The van der Waals surface area contributed by atoms with Gasteiger partial charge in [0.2, 0.25) is 5.91 Å². The van der Waals surface area contributed by atoms with E-state index in [1.54, 1.807) is 12.1 Å². The van der Waals surface area contributed by atoms with Crippen molar-refractivity contribution in [3.63, 3.8) is 0 Å². The molecule has 1 N–H and O–H groups in total. The molecule has 0 saturated carbocycles. The van der Waals surface area contributed by atoms with Crippen LogP contribution in [0.3, 0.4) is 0 Å². The lowest BCUT2D eigenvalue weighted by Gasteiger charge is -2.41. The minimum Gasteiger partial charge on any atom is -0.492 e. The molecule has 3 aromatic rings. The van der Waals surface area contributed by atoms with Crippen molar-refractivity contribution in [2.75, 3.05) is 44.6 Å². The largest absolute Gasteiger partial charge is 0.492 e. The fraction of sp³-hybridized carbons (Fsp3) is 0.423. The first-order valence-electron chi connectivity index (χ1n) is 12.1. The summed E-state index contributed by atoms with van der Waals surface area (Å²) in [7, 11) is 0. The third-order valence-corrected chi connectivity index (χ3v) is 8.56. The standard InChI is InChI=1S/C26H27Cl2N5O2/c27-20-11-18-22(12-21(20)28)30-16-31-25(18)29-13-24(34)33-8-5-17(14-33)32-9-6-26(7-10-32)15-35-23-4-2-1-3-19(23)26/h1-4,11-12,16-17H,5-10,13-15H2,(H,29,30,31). The summed E-state index contributed by atoms with van der Waals surface area (Å²) in [4.78, 5) is 26.1. The Morgan fingerprint density at radius 1 is 1.11 bits per heavy atom. The van der Waals surface area contributed by atoms with Gasteiger partial charge in [0.15, 0.2) is 0 Å². The molecule has 35 heavy (non-hydrogen) atoms. The number of amides is 1. The second kappa shape index (κ2) is 9.12. The highest BCUT2D eigenvalue weighted by atomic mass is 35.5. The number of nitrogens with one attached hydrogen (secondary N) is 1. The van der Waals surface area contributed by atoms with Crippen LogP contribution in [0.5, 0.6) is 5.75 Å². The Balaban J connectivity index is 1.05. The zero-order valence-electron chi connectivity index (χ0n) is 19.3. The van der Waals surface area contributed by atoms with Crippen LogP contribution < -0.4 is 10.1 Å². The number of ether oxygens (including phenoxy) is 1. The van der Waals surface area contributed by atoms with Crippen LogP contribution in [0.1, 0.15) is 24.8 Å².